The largest absolute Gasteiger partial charge is 0.457 e. The summed E-state index contributed by atoms with van der Waals surface area (Å²) in [5.41, 5.74) is 2.48. The van der Waals surface area contributed by atoms with Crippen molar-refractivity contribution in [1.82, 2.24) is 4.98 Å². The molecule has 0 aliphatic heterocycles. The van der Waals surface area contributed by atoms with E-state index in [1.54, 1.807) is 24.3 Å². The van der Waals surface area contributed by atoms with E-state index in [4.69, 9.17) is 16.0 Å². The predicted molar refractivity (Wildman–Crippen MR) is 119 cm³/mol. The number of halogens is 1. The van der Waals surface area contributed by atoms with Gasteiger partial charge in [-0.3, -0.25) is 10.1 Å². The van der Waals surface area contributed by atoms with E-state index < -0.39 is 5.91 Å². The number of hydrogen-bond donors (Lipinski definition) is 1. The number of carbonyl (C=O) groups excluding carboxylic acids is 1. The van der Waals surface area contributed by atoms with Gasteiger partial charge in [-0.1, -0.05) is 41.9 Å². The highest BCUT2D eigenvalue weighted by Gasteiger charge is 2.14. The van der Waals surface area contributed by atoms with Gasteiger partial charge in [-0.05, 0) is 36.4 Å². The molecule has 146 valence electrons. The summed E-state index contributed by atoms with van der Waals surface area (Å²) in [5, 5.41) is 15.0. The quantitative estimate of drug-likeness (QED) is 0.298. The zero-order valence-corrected chi connectivity index (χ0v) is 17.1. The van der Waals surface area contributed by atoms with E-state index in [2.05, 4.69) is 10.3 Å². The maximum atomic E-state index is 12.5. The maximum absolute atomic E-state index is 12.5. The third kappa shape index (κ3) is 4.49. The maximum Gasteiger partial charge on any atom is 0.268 e. The van der Waals surface area contributed by atoms with Gasteiger partial charge < -0.3 is 4.42 Å². The molecule has 0 spiro atoms. The third-order valence-corrected chi connectivity index (χ3v) is 5.21. The molecule has 0 aliphatic rings. The van der Waals surface area contributed by atoms with Crippen LogP contribution in [0.25, 0.3) is 28.7 Å². The van der Waals surface area contributed by atoms with Gasteiger partial charge in [0.15, 0.2) is 5.13 Å². The molecule has 0 fully saturated rings. The highest BCUT2D eigenvalue weighted by Crippen LogP contribution is 2.26. The fourth-order valence-electron chi connectivity index (χ4n) is 2.73. The van der Waals surface area contributed by atoms with Gasteiger partial charge in [0.2, 0.25) is 0 Å². The molecule has 0 saturated heterocycles. The zero-order valence-electron chi connectivity index (χ0n) is 15.5. The topological polar surface area (TPSA) is 78.9 Å². The second kappa shape index (κ2) is 8.78. The summed E-state index contributed by atoms with van der Waals surface area (Å²) in [6.45, 7) is 0. The Hall–Kier alpha value is -3.66. The summed E-state index contributed by atoms with van der Waals surface area (Å²) < 4.78 is 5.74. The van der Waals surface area contributed by atoms with Gasteiger partial charge in [-0.2, -0.15) is 5.26 Å². The molecule has 2 aromatic carbocycles. The number of anilines is 1. The van der Waals surface area contributed by atoms with E-state index in [1.165, 1.54) is 17.4 Å². The van der Waals surface area contributed by atoms with Gasteiger partial charge in [-0.15, -0.1) is 11.3 Å². The van der Waals surface area contributed by atoms with Crippen LogP contribution in [0.4, 0.5) is 5.13 Å². The van der Waals surface area contributed by atoms with Crippen molar-refractivity contribution in [1.29, 1.82) is 5.26 Å². The second-order valence-electron chi connectivity index (χ2n) is 6.24. The number of aromatic nitrogens is 1. The summed E-state index contributed by atoms with van der Waals surface area (Å²) in [5.74, 6) is 0.467. The van der Waals surface area contributed by atoms with Crippen molar-refractivity contribution < 1.29 is 9.21 Å². The number of nitrogens with one attached hydrogen (secondary N) is 1. The van der Waals surface area contributed by atoms with E-state index in [0.717, 1.165) is 16.8 Å². The van der Waals surface area contributed by atoms with Crippen LogP contribution in [0.3, 0.4) is 0 Å². The number of thiazole rings is 1. The number of nitriles is 1. The van der Waals surface area contributed by atoms with E-state index in [0.29, 0.717) is 21.7 Å². The lowest BCUT2D eigenvalue weighted by molar-refractivity contribution is -0.112. The predicted octanol–water partition coefficient (Wildman–Crippen LogP) is 6.27. The van der Waals surface area contributed by atoms with Crippen LogP contribution in [0, 0.1) is 11.3 Å². The smallest absolute Gasteiger partial charge is 0.268 e. The summed E-state index contributed by atoms with van der Waals surface area (Å²) in [4.78, 5) is 16.9. The highest BCUT2D eigenvalue weighted by atomic mass is 35.5. The molecule has 0 radical (unpaired) electrons. The van der Waals surface area contributed by atoms with Gasteiger partial charge in [0, 0.05) is 27.6 Å². The van der Waals surface area contributed by atoms with Gasteiger partial charge in [0.05, 0.1) is 5.69 Å². The molecule has 1 N–H and O–H groups in total. The number of furan rings is 1. The SMILES string of the molecule is N#C/C(=C/c1ccc(-c2ccc(Cl)cc2)o1)C(=O)Nc1nc(-c2ccccc2)cs1. The molecule has 2 aromatic heterocycles. The normalized spacial score (nSPS) is 11.1. The van der Waals surface area contributed by atoms with Gasteiger partial charge in [0.1, 0.15) is 23.2 Å². The van der Waals surface area contributed by atoms with Gasteiger partial charge in [0.25, 0.3) is 5.91 Å². The number of benzene rings is 2. The minimum Gasteiger partial charge on any atom is -0.457 e. The Morgan fingerprint density at radius 3 is 2.57 bits per heavy atom. The number of carbonyl (C=O) groups is 1. The Bertz CT molecular complexity index is 1250. The lowest BCUT2D eigenvalue weighted by Gasteiger charge is -2.00. The molecule has 4 aromatic rings. The first-order chi connectivity index (χ1) is 14.6. The zero-order chi connectivity index (χ0) is 20.9. The first-order valence-electron chi connectivity index (χ1n) is 8.92. The molecule has 4 rings (SSSR count). The first-order valence-corrected chi connectivity index (χ1v) is 10.2. The minimum atomic E-state index is -0.545. The molecule has 0 saturated carbocycles. The third-order valence-electron chi connectivity index (χ3n) is 4.20. The Balaban J connectivity index is 1.49. The first kappa shape index (κ1) is 19.6. The Kier molecular flexibility index (Phi) is 5.75. The molecule has 2 heterocycles. The van der Waals surface area contributed by atoms with E-state index >= 15 is 0 Å². The fraction of sp³-hybridized carbons (Fsp3) is 0. The van der Waals surface area contributed by atoms with Crippen LogP contribution in [0.5, 0.6) is 0 Å². The average Bonchev–Trinajstić information content (AvgIpc) is 3.43. The minimum absolute atomic E-state index is 0.0801. The summed E-state index contributed by atoms with van der Waals surface area (Å²) >= 11 is 7.20. The lowest BCUT2D eigenvalue weighted by Crippen LogP contribution is -2.13. The van der Waals surface area contributed by atoms with E-state index in [1.807, 2.05) is 53.9 Å². The number of amides is 1. The standard InChI is InChI=1S/C23H14ClN3O2S/c24-18-8-6-16(7-9-18)21-11-10-19(29-21)12-17(13-25)22(28)27-23-26-20(14-30-23)15-4-2-1-3-5-15/h1-12,14H,(H,26,27,28)/b17-12-. The summed E-state index contributed by atoms with van der Waals surface area (Å²) in [6.07, 6.45) is 1.40. The number of rotatable bonds is 5. The molecule has 7 heteroatoms. The molecule has 0 bridgehead atoms. The monoisotopic (exact) mass is 431 g/mol. The van der Waals surface area contributed by atoms with Crippen molar-refractivity contribution in [2.75, 3.05) is 5.32 Å². The van der Waals surface area contributed by atoms with Crippen LogP contribution in [0.15, 0.2) is 82.1 Å². The molecule has 30 heavy (non-hydrogen) atoms. The number of hydrogen-bond acceptors (Lipinski definition) is 5. The molecular formula is C23H14ClN3O2S. The fourth-order valence-corrected chi connectivity index (χ4v) is 3.57. The van der Waals surface area contributed by atoms with Gasteiger partial charge >= 0.3 is 0 Å². The summed E-state index contributed by atoms with van der Waals surface area (Å²) in [7, 11) is 0. The van der Waals surface area contributed by atoms with E-state index in [9.17, 15) is 10.1 Å². The Morgan fingerprint density at radius 1 is 1.07 bits per heavy atom. The van der Waals surface area contributed by atoms with E-state index in [-0.39, 0.29) is 5.57 Å². The van der Waals surface area contributed by atoms with Crippen LogP contribution in [-0.4, -0.2) is 10.9 Å². The van der Waals surface area contributed by atoms with Crippen molar-refractivity contribution in [3.63, 3.8) is 0 Å². The van der Waals surface area contributed by atoms with Crippen molar-refractivity contribution >= 4 is 40.1 Å². The lowest BCUT2D eigenvalue weighted by atomic mass is 10.2. The van der Waals surface area contributed by atoms with Gasteiger partial charge in [-0.25, -0.2) is 4.98 Å². The van der Waals surface area contributed by atoms with Crippen molar-refractivity contribution in [2.24, 2.45) is 0 Å². The molecule has 1 amide bonds. The van der Waals surface area contributed by atoms with Crippen LogP contribution >= 0.6 is 22.9 Å². The summed E-state index contributed by atoms with van der Waals surface area (Å²) in [6, 6.07) is 22.2. The van der Waals surface area contributed by atoms with Crippen molar-refractivity contribution in [3.8, 4) is 28.7 Å². The van der Waals surface area contributed by atoms with Crippen LogP contribution < -0.4 is 5.32 Å². The van der Waals surface area contributed by atoms with Crippen LogP contribution in [0.1, 0.15) is 5.76 Å². The van der Waals surface area contributed by atoms with Crippen molar-refractivity contribution in [3.05, 3.63) is 88.5 Å². The van der Waals surface area contributed by atoms with Crippen LogP contribution in [-0.2, 0) is 4.79 Å². The molecule has 0 atom stereocenters. The molecule has 0 aliphatic carbocycles. The second-order valence-corrected chi connectivity index (χ2v) is 7.53. The molecule has 0 unspecified atom stereocenters. The van der Waals surface area contributed by atoms with Crippen LogP contribution in [0.2, 0.25) is 5.02 Å². The average molecular weight is 432 g/mol. The van der Waals surface area contributed by atoms with Crippen molar-refractivity contribution in [2.45, 2.75) is 0 Å². The number of nitrogens with zero attached hydrogens (tertiary/aromatic N) is 2. The highest BCUT2D eigenvalue weighted by molar-refractivity contribution is 7.14. The Morgan fingerprint density at radius 2 is 1.83 bits per heavy atom. The molecular weight excluding hydrogens is 418 g/mol. The molecule has 5 nitrogen and oxygen atoms in total. The Labute approximate surface area is 181 Å².